The van der Waals surface area contributed by atoms with Gasteiger partial charge >= 0.3 is 0 Å². The van der Waals surface area contributed by atoms with E-state index in [1.807, 2.05) is 35.2 Å². The van der Waals surface area contributed by atoms with Crippen LogP contribution in [0.25, 0.3) is 0 Å². The lowest BCUT2D eigenvalue weighted by Gasteiger charge is -2.37. The van der Waals surface area contributed by atoms with Crippen molar-refractivity contribution >= 4 is 17.6 Å². The van der Waals surface area contributed by atoms with Crippen molar-refractivity contribution in [2.24, 2.45) is 0 Å². The number of carbonyl (C=O) groups excluding carboxylic acids is 2. The summed E-state index contributed by atoms with van der Waals surface area (Å²) >= 11 is 0. The number of hydrogen-bond acceptors (Lipinski definition) is 6. The van der Waals surface area contributed by atoms with Gasteiger partial charge in [0.25, 0.3) is 11.8 Å². The summed E-state index contributed by atoms with van der Waals surface area (Å²) in [6.45, 7) is 4.01. The summed E-state index contributed by atoms with van der Waals surface area (Å²) in [4.78, 5) is 36.4. The van der Waals surface area contributed by atoms with E-state index in [1.54, 1.807) is 17.2 Å². The van der Waals surface area contributed by atoms with E-state index >= 15 is 0 Å². The van der Waals surface area contributed by atoms with Crippen molar-refractivity contribution in [1.29, 1.82) is 0 Å². The molecular formula is C23H26N4O4. The Hall–Kier alpha value is -3.29. The molecule has 5 rings (SSSR count). The van der Waals surface area contributed by atoms with Crippen LogP contribution in [0, 0.1) is 0 Å². The second kappa shape index (κ2) is 8.45. The van der Waals surface area contributed by atoms with E-state index in [2.05, 4.69) is 9.88 Å². The van der Waals surface area contributed by atoms with Crippen LogP contribution in [-0.2, 0) is 4.79 Å². The Morgan fingerprint density at radius 2 is 1.58 bits per heavy atom. The van der Waals surface area contributed by atoms with Crippen molar-refractivity contribution in [1.82, 2.24) is 14.8 Å². The lowest BCUT2D eigenvalue weighted by molar-refractivity contribution is -0.142. The lowest BCUT2D eigenvalue weighted by Crippen LogP contribution is -2.55. The highest BCUT2D eigenvalue weighted by Gasteiger charge is 2.34. The van der Waals surface area contributed by atoms with Gasteiger partial charge in [-0.25, -0.2) is 4.98 Å². The first-order valence-corrected chi connectivity index (χ1v) is 10.9. The molecule has 8 nitrogen and oxygen atoms in total. The molecule has 0 aliphatic carbocycles. The Morgan fingerprint density at radius 3 is 2.35 bits per heavy atom. The summed E-state index contributed by atoms with van der Waals surface area (Å²) in [5.41, 5.74) is 0.643. The van der Waals surface area contributed by atoms with Crippen molar-refractivity contribution in [2.45, 2.75) is 18.9 Å². The monoisotopic (exact) mass is 422 g/mol. The molecule has 1 aromatic heterocycles. The quantitative estimate of drug-likeness (QED) is 0.751. The molecule has 1 aromatic carbocycles. The molecule has 3 aliphatic heterocycles. The molecule has 0 radical (unpaired) electrons. The summed E-state index contributed by atoms with van der Waals surface area (Å²) in [5, 5.41) is 0. The number of nitrogens with zero attached hydrogens (tertiary/aromatic N) is 4. The molecule has 0 N–H and O–H groups in total. The zero-order valence-corrected chi connectivity index (χ0v) is 17.4. The zero-order chi connectivity index (χ0) is 21.2. The molecule has 0 bridgehead atoms. The third kappa shape index (κ3) is 3.89. The van der Waals surface area contributed by atoms with Crippen LogP contribution in [0.2, 0.25) is 0 Å². The number of anilines is 1. The minimum Gasteiger partial charge on any atom is -0.485 e. The SMILES string of the molecule is O=C(c1cccnc1N1CCCC1)N1CCN(C(=O)C2COc3ccccc3O2)CC1. The van der Waals surface area contributed by atoms with E-state index in [0.717, 1.165) is 31.7 Å². The molecule has 162 valence electrons. The number of carbonyl (C=O) groups is 2. The van der Waals surface area contributed by atoms with Crippen LogP contribution >= 0.6 is 0 Å². The van der Waals surface area contributed by atoms with Crippen molar-refractivity contribution in [2.75, 3.05) is 50.8 Å². The molecular weight excluding hydrogens is 396 g/mol. The number of amides is 2. The summed E-state index contributed by atoms with van der Waals surface area (Å²) in [6.07, 6.45) is 3.34. The van der Waals surface area contributed by atoms with Gasteiger partial charge < -0.3 is 24.2 Å². The Labute approximate surface area is 181 Å². The second-order valence-electron chi connectivity index (χ2n) is 8.05. The predicted octanol–water partition coefficient (Wildman–Crippen LogP) is 1.81. The topological polar surface area (TPSA) is 75.2 Å². The van der Waals surface area contributed by atoms with Gasteiger partial charge in [0.1, 0.15) is 12.4 Å². The molecule has 31 heavy (non-hydrogen) atoms. The van der Waals surface area contributed by atoms with Crippen molar-refractivity contribution < 1.29 is 19.1 Å². The zero-order valence-electron chi connectivity index (χ0n) is 17.4. The Bertz CT molecular complexity index is 968. The molecule has 8 heteroatoms. The maximum absolute atomic E-state index is 13.2. The average Bonchev–Trinajstić information content (AvgIpc) is 3.38. The van der Waals surface area contributed by atoms with Gasteiger partial charge in [0, 0.05) is 45.5 Å². The smallest absolute Gasteiger partial charge is 0.267 e. The fourth-order valence-electron chi connectivity index (χ4n) is 4.39. The predicted molar refractivity (Wildman–Crippen MR) is 115 cm³/mol. The average molecular weight is 422 g/mol. The van der Waals surface area contributed by atoms with Crippen molar-refractivity contribution in [3.05, 3.63) is 48.2 Å². The van der Waals surface area contributed by atoms with Crippen molar-refractivity contribution in [3.8, 4) is 11.5 Å². The maximum Gasteiger partial charge on any atom is 0.267 e. The molecule has 1 unspecified atom stereocenters. The number of piperazine rings is 1. The van der Waals surface area contributed by atoms with Crippen LogP contribution in [0.1, 0.15) is 23.2 Å². The van der Waals surface area contributed by atoms with Gasteiger partial charge in [-0.2, -0.15) is 0 Å². The van der Waals surface area contributed by atoms with Crippen molar-refractivity contribution in [3.63, 3.8) is 0 Å². The fourth-order valence-corrected chi connectivity index (χ4v) is 4.39. The molecule has 3 aliphatic rings. The van der Waals surface area contributed by atoms with Crippen LogP contribution in [0.3, 0.4) is 0 Å². The number of fused-ring (bicyclic) bond motifs is 1. The standard InChI is InChI=1S/C23H26N4O4/c28-22(17-6-5-9-24-21(17)25-10-3-4-11-25)26-12-14-27(15-13-26)23(29)20-16-30-18-7-1-2-8-19(18)31-20/h1-2,5-9,20H,3-4,10-16H2. The first-order valence-electron chi connectivity index (χ1n) is 10.9. The normalized spacial score (nSPS) is 20.6. The van der Waals surface area contributed by atoms with Gasteiger partial charge in [-0.1, -0.05) is 12.1 Å². The second-order valence-corrected chi connectivity index (χ2v) is 8.05. The number of rotatable bonds is 3. The van der Waals surface area contributed by atoms with Crippen LogP contribution in [0.4, 0.5) is 5.82 Å². The Kier molecular flexibility index (Phi) is 5.36. The maximum atomic E-state index is 13.2. The molecule has 2 aromatic rings. The van der Waals surface area contributed by atoms with Crippen LogP contribution in [0.15, 0.2) is 42.6 Å². The van der Waals surface area contributed by atoms with Gasteiger partial charge in [-0.15, -0.1) is 0 Å². The molecule has 1 atom stereocenters. The molecule has 4 heterocycles. The Balaban J connectivity index is 1.21. The largest absolute Gasteiger partial charge is 0.485 e. The number of para-hydroxylation sites is 2. The van der Waals surface area contributed by atoms with Crippen LogP contribution in [-0.4, -0.2) is 78.6 Å². The number of hydrogen-bond donors (Lipinski definition) is 0. The summed E-state index contributed by atoms with van der Waals surface area (Å²) in [7, 11) is 0. The third-order valence-electron chi connectivity index (χ3n) is 6.09. The van der Waals surface area contributed by atoms with Gasteiger partial charge in [-0.05, 0) is 37.1 Å². The van der Waals surface area contributed by atoms with E-state index in [-0.39, 0.29) is 18.4 Å². The fraction of sp³-hybridized carbons (Fsp3) is 0.435. The van der Waals surface area contributed by atoms with E-state index in [9.17, 15) is 9.59 Å². The van der Waals surface area contributed by atoms with Gasteiger partial charge in [0.15, 0.2) is 11.5 Å². The highest BCUT2D eigenvalue weighted by atomic mass is 16.6. The highest BCUT2D eigenvalue weighted by Crippen LogP contribution is 2.31. The van der Waals surface area contributed by atoms with Crippen LogP contribution in [0.5, 0.6) is 11.5 Å². The third-order valence-corrected chi connectivity index (χ3v) is 6.09. The molecule has 2 amide bonds. The Morgan fingerprint density at radius 1 is 0.871 bits per heavy atom. The summed E-state index contributed by atoms with van der Waals surface area (Å²) in [5.74, 6) is 1.91. The summed E-state index contributed by atoms with van der Waals surface area (Å²) < 4.78 is 11.5. The number of ether oxygens (including phenoxy) is 2. The molecule has 0 spiro atoms. The lowest BCUT2D eigenvalue weighted by atomic mass is 10.1. The first kappa shape index (κ1) is 19.7. The number of pyridine rings is 1. The molecule has 2 saturated heterocycles. The van der Waals surface area contributed by atoms with Crippen LogP contribution < -0.4 is 14.4 Å². The van der Waals surface area contributed by atoms with E-state index in [1.165, 1.54) is 0 Å². The minimum absolute atomic E-state index is 0.0201. The van der Waals surface area contributed by atoms with E-state index in [0.29, 0.717) is 43.2 Å². The highest BCUT2D eigenvalue weighted by molar-refractivity contribution is 5.99. The summed E-state index contributed by atoms with van der Waals surface area (Å²) in [6, 6.07) is 11.0. The van der Waals surface area contributed by atoms with Gasteiger partial charge in [0.05, 0.1) is 5.56 Å². The molecule has 0 saturated carbocycles. The minimum atomic E-state index is -0.655. The number of aromatic nitrogens is 1. The van der Waals surface area contributed by atoms with Gasteiger partial charge in [0.2, 0.25) is 6.10 Å². The molecule has 2 fully saturated rings. The van der Waals surface area contributed by atoms with E-state index < -0.39 is 6.10 Å². The van der Waals surface area contributed by atoms with E-state index in [4.69, 9.17) is 9.47 Å². The van der Waals surface area contributed by atoms with Gasteiger partial charge in [-0.3, -0.25) is 9.59 Å². The first-order chi connectivity index (χ1) is 15.2. The number of benzene rings is 1.